The second-order valence-electron chi connectivity index (χ2n) is 6.15. The molecule has 3 rings (SSSR count). The van der Waals surface area contributed by atoms with Crippen molar-refractivity contribution in [1.82, 2.24) is 10.4 Å². The molecule has 31 heavy (non-hydrogen) atoms. The molecule has 2 amide bonds. The molecule has 0 aliphatic carbocycles. The summed E-state index contributed by atoms with van der Waals surface area (Å²) >= 11 is 12.6. The molecule has 2 aromatic rings. The third-order valence-corrected chi connectivity index (χ3v) is 5.77. The van der Waals surface area contributed by atoms with E-state index in [1.165, 1.54) is 30.3 Å². The maximum atomic E-state index is 13.0. The van der Waals surface area contributed by atoms with Gasteiger partial charge in [-0.3, -0.25) is 5.43 Å². The van der Waals surface area contributed by atoms with E-state index in [9.17, 15) is 22.8 Å². The van der Waals surface area contributed by atoms with Crippen LogP contribution in [0, 0.1) is 0 Å². The molecule has 7 nitrogen and oxygen atoms in total. The van der Waals surface area contributed by atoms with Crippen molar-refractivity contribution in [2.75, 3.05) is 0 Å². The van der Waals surface area contributed by atoms with Crippen LogP contribution in [-0.2, 0) is 17.3 Å². The van der Waals surface area contributed by atoms with Crippen LogP contribution in [0.2, 0.25) is 10.0 Å². The van der Waals surface area contributed by atoms with E-state index in [-0.39, 0.29) is 27.3 Å². The maximum Gasteiger partial charge on any atom is 0.416 e. The monoisotopic (exact) mass is 492 g/mol. The molecular weight excluding hydrogens is 480 g/mol. The fourth-order valence-corrected chi connectivity index (χ4v) is 3.90. The van der Waals surface area contributed by atoms with Crippen LogP contribution >= 0.6 is 35.0 Å². The zero-order valence-electron chi connectivity index (χ0n) is 15.3. The average molecular weight is 493 g/mol. The fourth-order valence-electron chi connectivity index (χ4n) is 2.59. The van der Waals surface area contributed by atoms with E-state index in [1.54, 1.807) is 0 Å². The standard InChI is InChI=1S/C18H13Cl2F3N4O3S/c19-12-5-4-10(8-13(12)20)15(28)30-17-26-27(16(29)25-24)14(31-17)7-9-2-1-3-11(6-9)18(21,22)23/h1-6,8,14H,7,24H2,(H,25,29). The van der Waals surface area contributed by atoms with Crippen LogP contribution in [0.3, 0.4) is 0 Å². The molecule has 0 spiro atoms. The molecule has 1 aliphatic rings. The number of thioether (sulfide) groups is 1. The zero-order valence-corrected chi connectivity index (χ0v) is 17.6. The first-order chi connectivity index (χ1) is 14.6. The number of carbonyl (C=O) groups excluding carboxylic acids is 2. The van der Waals surface area contributed by atoms with E-state index >= 15 is 0 Å². The first-order valence-corrected chi connectivity index (χ1v) is 10.1. The molecule has 1 heterocycles. The minimum Gasteiger partial charge on any atom is -0.396 e. The highest BCUT2D eigenvalue weighted by atomic mass is 35.5. The van der Waals surface area contributed by atoms with Crippen LogP contribution in [-0.4, -0.2) is 27.6 Å². The molecule has 0 bridgehead atoms. The van der Waals surface area contributed by atoms with Crippen LogP contribution in [0.15, 0.2) is 47.6 Å². The topological polar surface area (TPSA) is 97.0 Å². The quantitative estimate of drug-likeness (QED) is 0.281. The number of benzene rings is 2. The number of alkyl halides is 3. The first kappa shape index (κ1) is 23.2. The predicted octanol–water partition coefficient (Wildman–Crippen LogP) is 4.64. The summed E-state index contributed by atoms with van der Waals surface area (Å²) in [6.45, 7) is 0. The Morgan fingerprint density at radius 2 is 1.94 bits per heavy atom. The Kier molecular flexibility index (Phi) is 6.99. The van der Waals surface area contributed by atoms with Gasteiger partial charge >= 0.3 is 18.2 Å². The van der Waals surface area contributed by atoms with Gasteiger partial charge in [0.1, 0.15) is 5.37 Å². The fraction of sp³-hybridized carbons (Fsp3) is 0.167. The third kappa shape index (κ3) is 5.62. The van der Waals surface area contributed by atoms with Crippen molar-refractivity contribution < 1.29 is 27.5 Å². The molecule has 164 valence electrons. The summed E-state index contributed by atoms with van der Waals surface area (Å²) in [4.78, 5) is 24.4. The van der Waals surface area contributed by atoms with E-state index in [0.29, 0.717) is 5.56 Å². The number of nitrogens with one attached hydrogen (secondary N) is 1. The second-order valence-corrected chi connectivity index (χ2v) is 8.10. The third-order valence-electron chi connectivity index (χ3n) is 4.03. The number of carbonyl (C=O) groups is 2. The average Bonchev–Trinajstić information content (AvgIpc) is 3.11. The lowest BCUT2D eigenvalue weighted by molar-refractivity contribution is -0.137. The second kappa shape index (κ2) is 9.35. The molecular formula is C18H13Cl2F3N4O3S. The molecule has 0 aromatic heterocycles. The van der Waals surface area contributed by atoms with Crippen molar-refractivity contribution in [3.63, 3.8) is 0 Å². The highest BCUT2D eigenvalue weighted by molar-refractivity contribution is 8.14. The molecule has 3 N–H and O–H groups in total. The van der Waals surface area contributed by atoms with Crippen molar-refractivity contribution in [2.24, 2.45) is 10.9 Å². The van der Waals surface area contributed by atoms with E-state index in [0.717, 1.165) is 28.9 Å². The molecule has 2 aromatic carbocycles. The number of hydrazone groups is 1. The van der Waals surface area contributed by atoms with Gasteiger partial charge in [0, 0.05) is 6.42 Å². The van der Waals surface area contributed by atoms with Gasteiger partial charge in [-0.1, -0.05) is 41.4 Å². The van der Waals surface area contributed by atoms with Crippen molar-refractivity contribution >= 4 is 52.2 Å². The molecule has 1 atom stereocenters. The van der Waals surface area contributed by atoms with Crippen molar-refractivity contribution in [3.05, 3.63) is 69.2 Å². The molecule has 0 fully saturated rings. The maximum absolute atomic E-state index is 13.0. The summed E-state index contributed by atoms with van der Waals surface area (Å²) in [7, 11) is 0. The Morgan fingerprint density at radius 3 is 2.58 bits per heavy atom. The van der Waals surface area contributed by atoms with Gasteiger partial charge in [0.25, 0.3) is 5.23 Å². The van der Waals surface area contributed by atoms with Crippen LogP contribution in [0.4, 0.5) is 18.0 Å². The number of rotatable bonds is 3. The van der Waals surface area contributed by atoms with Gasteiger partial charge in [-0.15, -0.1) is 5.10 Å². The molecule has 0 radical (unpaired) electrons. The van der Waals surface area contributed by atoms with Crippen LogP contribution in [0.5, 0.6) is 0 Å². The van der Waals surface area contributed by atoms with Crippen molar-refractivity contribution in [3.8, 4) is 0 Å². The lowest BCUT2D eigenvalue weighted by atomic mass is 10.1. The molecule has 1 unspecified atom stereocenters. The summed E-state index contributed by atoms with van der Waals surface area (Å²) < 4.78 is 44.1. The minimum atomic E-state index is -4.51. The number of esters is 1. The number of urea groups is 1. The van der Waals surface area contributed by atoms with Crippen molar-refractivity contribution in [2.45, 2.75) is 18.0 Å². The summed E-state index contributed by atoms with van der Waals surface area (Å²) in [6, 6.07) is 7.93. The minimum absolute atomic E-state index is 0.0146. The SMILES string of the molecule is NNC(=O)N1N=C(OC(=O)c2ccc(Cl)c(Cl)c2)SC1Cc1cccc(C(F)(F)F)c1. The highest BCUT2D eigenvalue weighted by Crippen LogP contribution is 2.33. The Balaban J connectivity index is 1.77. The van der Waals surface area contributed by atoms with Gasteiger partial charge in [0.05, 0.1) is 21.2 Å². The zero-order chi connectivity index (χ0) is 22.8. The highest BCUT2D eigenvalue weighted by Gasteiger charge is 2.35. The van der Waals surface area contributed by atoms with Gasteiger partial charge in [-0.25, -0.2) is 15.4 Å². The van der Waals surface area contributed by atoms with Gasteiger partial charge in [0.2, 0.25) is 0 Å². The number of halogens is 5. The summed E-state index contributed by atoms with van der Waals surface area (Å²) in [5.41, 5.74) is 1.46. The first-order valence-electron chi connectivity index (χ1n) is 8.47. The van der Waals surface area contributed by atoms with E-state index in [4.69, 9.17) is 33.8 Å². The number of hydrogen-bond acceptors (Lipinski definition) is 6. The largest absolute Gasteiger partial charge is 0.416 e. The van der Waals surface area contributed by atoms with Gasteiger partial charge in [-0.2, -0.15) is 18.2 Å². The summed E-state index contributed by atoms with van der Waals surface area (Å²) in [5.74, 6) is 4.35. The Hall–Kier alpha value is -2.47. The van der Waals surface area contributed by atoms with Gasteiger partial charge in [0.15, 0.2) is 0 Å². The molecule has 0 saturated heterocycles. The smallest absolute Gasteiger partial charge is 0.396 e. The van der Waals surface area contributed by atoms with Crippen molar-refractivity contribution in [1.29, 1.82) is 0 Å². The van der Waals surface area contributed by atoms with Crippen LogP contribution in [0.25, 0.3) is 0 Å². The molecule has 1 aliphatic heterocycles. The molecule has 0 saturated carbocycles. The van der Waals surface area contributed by atoms with Gasteiger partial charge < -0.3 is 4.74 Å². The van der Waals surface area contributed by atoms with E-state index in [2.05, 4.69) is 5.10 Å². The molecule has 13 heteroatoms. The predicted molar refractivity (Wildman–Crippen MR) is 110 cm³/mol. The van der Waals surface area contributed by atoms with E-state index in [1.807, 2.05) is 5.43 Å². The lowest BCUT2D eigenvalue weighted by Gasteiger charge is -2.19. The van der Waals surface area contributed by atoms with E-state index < -0.39 is 29.1 Å². The van der Waals surface area contributed by atoms with Gasteiger partial charge in [-0.05, 0) is 41.6 Å². The van der Waals surface area contributed by atoms with Crippen LogP contribution in [0.1, 0.15) is 21.5 Å². The lowest BCUT2D eigenvalue weighted by Crippen LogP contribution is -2.43. The Labute approximate surface area is 188 Å². The normalized spacial score (nSPS) is 16.1. The van der Waals surface area contributed by atoms with Crippen LogP contribution < -0.4 is 11.3 Å². The number of nitrogens with zero attached hydrogens (tertiary/aromatic N) is 2. The number of hydrazine groups is 1. The summed E-state index contributed by atoms with van der Waals surface area (Å²) in [6.07, 6.45) is -4.52. The Bertz CT molecular complexity index is 1050. The number of nitrogens with two attached hydrogens (primary N) is 1. The number of hydrogen-bond donors (Lipinski definition) is 2. The Morgan fingerprint density at radius 1 is 1.19 bits per heavy atom. The summed E-state index contributed by atoms with van der Waals surface area (Å²) in [5, 5.41) is 4.21. The number of amides is 2. The number of ether oxygens (including phenoxy) is 1.